The highest BCUT2D eigenvalue weighted by Crippen LogP contribution is 2.18. The Kier molecular flexibility index (Phi) is 5.85. The number of nitro groups is 1. The second-order valence-corrected chi connectivity index (χ2v) is 4.11. The van der Waals surface area contributed by atoms with E-state index in [2.05, 4.69) is 15.2 Å². The van der Waals surface area contributed by atoms with Crippen LogP contribution in [0.2, 0.25) is 0 Å². The van der Waals surface area contributed by atoms with E-state index in [0.717, 1.165) is 31.9 Å². The van der Waals surface area contributed by atoms with Crippen molar-refractivity contribution in [1.29, 1.82) is 0 Å². The first-order valence-corrected chi connectivity index (χ1v) is 6.33. The normalized spacial score (nSPS) is 10.6. The predicted octanol–water partition coefficient (Wildman–Crippen LogP) is 1.44. The van der Waals surface area contributed by atoms with Crippen LogP contribution in [0.1, 0.15) is 24.2 Å². The molecule has 1 aromatic heterocycles. The summed E-state index contributed by atoms with van der Waals surface area (Å²) in [6, 6.07) is 1.01. The summed E-state index contributed by atoms with van der Waals surface area (Å²) in [6.45, 7) is 7.14. The highest BCUT2D eigenvalue weighted by Gasteiger charge is 2.17. The van der Waals surface area contributed by atoms with Crippen LogP contribution in [0.15, 0.2) is 12.3 Å². The second kappa shape index (κ2) is 7.39. The Morgan fingerprint density at radius 2 is 2.15 bits per heavy atom. The molecular formula is C12H18N4O4. The van der Waals surface area contributed by atoms with E-state index in [0.29, 0.717) is 6.54 Å². The number of likely N-dealkylation sites (N-methyl/N-ethyl adjacent to an activating group) is 1. The average molecular weight is 282 g/mol. The van der Waals surface area contributed by atoms with Gasteiger partial charge in [-0.15, -0.1) is 0 Å². The average Bonchev–Trinajstić information content (AvgIpc) is 2.43. The van der Waals surface area contributed by atoms with E-state index >= 15 is 0 Å². The maximum absolute atomic E-state index is 11.1. The lowest BCUT2D eigenvalue weighted by atomic mass is 10.2. The van der Waals surface area contributed by atoms with Gasteiger partial charge in [0.1, 0.15) is 17.6 Å². The molecule has 0 unspecified atom stereocenters. The number of carboxylic acids is 1. The summed E-state index contributed by atoms with van der Waals surface area (Å²) < 4.78 is 0. The van der Waals surface area contributed by atoms with Crippen molar-refractivity contribution in [2.24, 2.45) is 0 Å². The summed E-state index contributed by atoms with van der Waals surface area (Å²) in [5, 5.41) is 22.6. The van der Waals surface area contributed by atoms with E-state index in [9.17, 15) is 14.9 Å². The Morgan fingerprint density at radius 3 is 2.65 bits per heavy atom. The van der Waals surface area contributed by atoms with E-state index in [4.69, 9.17) is 5.11 Å². The van der Waals surface area contributed by atoms with Gasteiger partial charge in [0.15, 0.2) is 0 Å². The van der Waals surface area contributed by atoms with Crippen LogP contribution < -0.4 is 5.32 Å². The minimum atomic E-state index is -1.24. The lowest BCUT2D eigenvalue weighted by molar-refractivity contribution is -0.385. The first-order valence-electron chi connectivity index (χ1n) is 6.33. The van der Waals surface area contributed by atoms with Crippen LogP contribution in [0.5, 0.6) is 0 Å². The van der Waals surface area contributed by atoms with Gasteiger partial charge in [-0.05, 0) is 13.1 Å². The summed E-state index contributed by atoms with van der Waals surface area (Å²) in [5.41, 5.74) is -0.532. The van der Waals surface area contributed by atoms with E-state index < -0.39 is 10.9 Å². The summed E-state index contributed by atoms with van der Waals surface area (Å²) >= 11 is 0. The van der Waals surface area contributed by atoms with Crippen LogP contribution in [0.3, 0.4) is 0 Å². The standard InChI is InChI=1S/C12H18N4O4/c1-3-15(4-2)6-5-13-11-10(12(17)18)7-9(8-14-11)16(19)20/h7-8H,3-6H2,1-2H3,(H,13,14)(H,17,18). The van der Waals surface area contributed by atoms with Crippen LogP contribution >= 0.6 is 0 Å². The number of aromatic nitrogens is 1. The molecule has 0 saturated heterocycles. The van der Waals surface area contributed by atoms with Crippen LogP contribution in [0.25, 0.3) is 0 Å². The number of hydrogen-bond acceptors (Lipinski definition) is 6. The minimum Gasteiger partial charge on any atom is -0.478 e. The third kappa shape index (κ3) is 4.16. The van der Waals surface area contributed by atoms with Gasteiger partial charge < -0.3 is 15.3 Å². The minimum absolute atomic E-state index is 0.148. The molecule has 110 valence electrons. The Bertz CT molecular complexity index is 488. The van der Waals surface area contributed by atoms with E-state index in [1.807, 2.05) is 13.8 Å². The van der Waals surface area contributed by atoms with Crippen molar-refractivity contribution in [3.8, 4) is 0 Å². The van der Waals surface area contributed by atoms with E-state index in [-0.39, 0.29) is 17.1 Å². The molecule has 1 heterocycles. The fraction of sp³-hybridized carbons (Fsp3) is 0.500. The summed E-state index contributed by atoms with van der Waals surface area (Å²) in [5.74, 6) is -1.10. The largest absolute Gasteiger partial charge is 0.478 e. The molecule has 0 atom stereocenters. The third-order valence-electron chi connectivity index (χ3n) is 2.93. The molecule has 0 radical (unpaired) electrons. The number of rotatable bonds is 8. The molecule has 0 bridgehead atoms. The smallest absolute Gasteiger partial charge is 0.339 e. The van der Waals surface area contributed by atoms with Gasteiger partial charge >= 0.3 is 5.97 Å². The quantitative estimate of drug-likeness (QED) is 0.548. The maximum atomic E-state index is 11.1. The van der Waals surface area contributed by atoms with Gasteiger partial charge in [-0.2, -0.15) is 0 Å². The number of pyridine rings is 1. The van der Waals surface area contributed by atoms with Crippen molar-refractivity contribution in [2.75, 3.05) is 31.5 Å². The van der Waals surface area contributed by atoms with Crippen LogP contribution in [0, 0.1) is 10.1 Å². The summed E-state index contributed by atoms with van der Waals surface area (Å²) in [6.07, 6.45) is 1.05. The molecular weight excluding hydrogens is 264 g/mol. The molecule has 8 heteroatoms. The molecule has 1 aromatic rings. The molecule has 0 aliphatic heterocycles. The fourth-order valence-corrected chi connectivity index (χ4v) is 1.73. The maximum Gasteiger partial charge on any atom is 0.339 e. The molecule has 0 spiro atoms. The Hall–Kier alpha value is -2.22. The zero-order chi connectivity index (χ0) is 15.1. The number of anilines is 1. The number of nitrogens with one attached hydrogen (secondary N) is 1. The van der Waals surface area contributed by atoms with Gasteiger partial charge in [-0.25, -0.2) is 9.78 Å². The predicted molar refractivity (Wildman–Crippen MR) is 74.1 cm³/mol. The van der Waals surface area contributed by atoms with Gasteiger partial charge in [0, 0.05) is 19.2 Å². The fourth-order valence-electron chi connectivity index (χ4n) is 1.73. The molecule has 0 saturated carbocycles. The Balaban J connectivity index is 2.79. The zero-order valence-electron chi connectivity index (χ0n) is 11.5. The van der Waals surface area contributed by atoms with Crippen molar-refractivity contribution in [2.45, 2.75) is 13.8 Å². The molecule has 8 nitrogen and oxygen atoms in total. The SMILES string of the molecule is CCN(CC)CCNc1ncc([N+](=O)[O-])cc1C(=O)O. The lowest BCUT2D eigenvalue weighted by Crippen LogP contribution is -2.29. The third-order valence-corrected chi connectivity index (χ3v) is 2.93. The summed E-state index contributed by atoms with van der Waals surface area (Å²) in [4.78, 5) is 27.0. The van der Waals surface area contributed by atoms with Crippen molar-refractivity contribution in [3.05, 3.63) is 27.9 Å². The second-order valence-electron chi connectivity index (χ2n) is 4.11. The van der Waals surface area contributed by atoms with Gasteiger partial charge in [0.25, 0.3) is 5.69 Å². The molecule has 0 aromatic carbocycles. The van der Waals surface area contributed by atoms with E-state index in [1.54, 1.807) is 0 Å². The van der Waals surface area contributed by atoms with E-state index in [1.165, 1.54) is 0 Å². The molecule has 0 aliphatic carbocycles. The molecule has 0 fully saturated rings. The zero-order valence-corrected chi connectivity index (χ0v) is 11.5. The number of nitrogens with zero attached hydrogens (tertiary/aromatic N) is 3. The lowest BCUT2D eigenvalue weighted by Gasteiger charge is -2.18. The molecule has 20 heavy (non-hydrogen) atoms. The summed E-state index contributed by atoms with van der Waals surface area (Å²) in [7, 11) is 0. The number of aromatic carboxylic acids is 1. The monoisotopic (exact) mass is 282 g/mol. The van der Waals surface area contributed by atoms with Gasteiger partial charge in [0.05, 0.1) is 4.92 Å². The first kappa shape index (κ1) is 15.8. The van der Waals surface area contributed by atoms with Crippen molar-refractivity contribution in [3.63, 3.8) is 0 Å². The van der Waals surface area contributed by atoms with Crippen molar-refractivity contribution in [1.82, 2.24) is 9.88 Å². The van der Waals surface area contributed by atoms with Gasteiger partial charge in [0.2, 0.25) is 0 Å². The molecule has 0 amide bonds. The van der Waals surface area contributed by atoms with Crippen LogP contribution in [-0.2, 0) is 0 Å². The Morgan fingerprint density at radius 1 is 1.50 bits per heavy atom. The van der Waals surface area contributed by atoms with Crippen molar-refractivity contribution < 1.29 is 14.8 Å². The number of carbonyl (C=O) groups is 1. The highest BCUT2D eigenvalue weighted by molar-refractivity contribution is 5.93. The van der Waals surface area contributed by atoms with Crippen molar-refractivity contribution >= 4 is 17.5 Å². The van der Waals surface area contributed by atoms with Gasteiger partial charge in [-0.1, -0.05) is 13.8 Å². The molecule has 1 rings (SSSR count). The Labute approximate surface area is 116 Å². The number of hydrogen-bond donors (Lipinski definition) is 2. The highest BCUT2D eigenvalue weighted by atomic mass is 16.6. The first-order chi connectivity index (χ1) is 9.49. The van der Waals surface area contributed by atoms with Crippen LogP contribution in [0.4, 0.5) is 11.5 Å². The van der Waals surface area contributed by atoms with Gasteiger partial charge in [-0.3, -0.25) is 10.1 Å². The topological polar surface area (TPSA) is 109 Å². The molecule has 2 N–H and O–H groups in total. The number of carboxylic acid groups (broad SMARTS) is 1. The molecule has 0 aliphatic rings. The van der Waals surface area contributed by atoms with Crippen LogP contribution in [-0.4, -0.2) is 52.1 Å².